The van der Waals surface area contributed by atoms with Gasteiger partial charge in [0.15, 0.2) is 0 Å². The number of amides is 4. The normalized spacial score (nSPS) is 13.8. The van der Waals surface area contributed by atoms with Crippen LogP contribution in [0, 0.1) is 12.3 Å². The van der Waals surface area contributed by atoms with Gasteiger partial charge in [0.05, 0.1) is 0 Å². The molecule has 39 heavy (non-hydrogen) atoms. The summed E-state index contributed by atoms with van der Waals surface area (Å²) < 4.78 is 5.38. The number of alkyl carbamates (subject to hydrolysis) is 1. The Bertz CT molecular complexity index is 1050. The van der Waals surface area contributed by atoms with Gasteiger partial charge in [0.2, 0.25) is 17.7 Å². The highest BCUT2D eigenvalue weighted by atomic mass is 16.6. The molecule has 4 N–H and O–H groups in total. The van der Waals surface area contributed by atoms with E-state index in [2.05, 4.69) is 16.6 Å². The predicted octanol–water partition coefficient (Wildman–Crippen LogP) is 4.19. The molecular formula is C30H46N4O5. The van der Waals surface area contributed by atoms with E-state index < -0.39 is 41.1 Å². The summed E-state index contributed by atoms with van der Waals surface area (Å²) in [4.78, 5) is 54.2. The summed E-state index contributed by atoms with van der Waals surface area (Å²) in [5.41, 5.74) is 4.68. The van der Waals surface area contributed by atoms with Crippen LogP contribution in [-0.4, -0.2) is 51.9 Å². The lowest BCUT2D eigenvalue weighted by Crippen LogP contribution is -2.60. The maximum absolute atomic E-state index is 14.4. The van der Waals surface area contributed by atoms with Gasteiger partial charge in [0.1, 0.15) is 17.7 Å². The third-order valence-corrected chi connectivity index (χ3v) is 6.45. The number of carbonyl (C=O) groups is 4. The minimum absolute atomic E-state index is 0.0684. The Morgan fingerprint density at radius 1 is 1.05 bits per heavy atom. The molecule has 9 nitrogen and oxygen atoms in total. The van der Waals surface area contributed by atoms with Crippen LogP contribution in [-0.2, 0) is 19.1 Å². The molecule has 0 heterocycles. The summed E-state index contributed by atoms with van der Waals surface area (Å²) in [5, 5.41) is 5.64. The van der Waals surface area contributed by atoms with Gasteiger partial charge in [-0.3, -0.25) is 14.4 Å². The third-order valence-electron chi connectivity index (χ3n) is 6.45. The molecule has 9 heteroatoms. The highest BCUT2D eigenvalue weighted by molar-refractivity contribution is 5.93. The second-order valence-corrected chi connectivity index (χ2v) is 11.4. The highest BCUT2D eigenvalue weighted by Crippen LogP contribution is 2.34. The lowest BCUT2D eigenvalue weighted by atomic mass is 9.89. The summed E-state index contributed by atoms with van der Waals surface area (Å²) in [6, 6.07) is 4.55. The molecule has 1 aromatic carbocycles. The van der Waals surface area contributed by atoms with Crippen molar-refractivity contribution in [2.75, 3.05) is 0 Å². The molecule has 0 bridgehead atoms. The topological polar surface area (TPSA) is 131 Å². The van der Waals surface area contributed by atoms with Gasteiger partial charge in [-0.25, -0.2) is 4.79 Å². The van der Waals surface area contributed by atoms with Crippen LogP contribution in [0.5, 0.6) is 0 Å². The minimum atomic E-state index is -1.18. The molecule has 0 fully saturated rings. The van der Waals surface area contributed by atoms with Crippen molar-refractivity contribution in [2.45, 2.75) is 117 Å². The van der Waals surface area contributed by atoms with Gasteiger partial charge in [-0.15, -0.1) is 6.42 Å². The van der Waals surface area contributed by atoms with Gasteiger partial charge in [-0.2, -0.15) is 0 Å². The first-order valence-electron chi connectivity index (χ1n) is 13.5. The minimum Gasteiger partial charge on any atom is -0.444 e. The fraction of sp³-hybridized carbons (Fsp3) is 0.600. The van der Waals surface area contributed by atoms with Gasteiger partial charge in [0.25, 0.3) is 0 Å². The highest BCUT2D eigenvalue weighted by Gasteiger charge is 2.44. The fourth-order valence-electron chi connectivity index (χ4n) is 4.20. The average Bonchev–Trinajstić information content (AvgIpc) is 2.83. The number of primary amides is 1. The van der Waals surface area contributed by atoms with E-state index in [1.54, 1.807) is 45.0 Å². The number of nitrogens with one attached hydrogen (secondary N) is 2. The van der Waals surface area contributed by atoms with E-state index in [9.17, 15) is 19.2 Å². The van der Waals surface area contributed by atoms with E-state index in [4.69, 9.17) is 16.9 Å². The SMILES string of the molecule is C#Cc1ccccc1C(C(=O)NC(C)CCC)N(C(=O)C(CCC(N)=O)NC(=O)OC(C)(C)C)C(C)(C)CC. The number of nitrogens with two attached hydrogens (primary N) is 1. The summed E-state index contributed by atoms with van der Waals surface area (Å²) in [7, 11) is 0. The zero-order chi connectivity index (χ0) is 30.0. The molecule has 4 amide bonds. The van der Waals surface area contributed by atoms with E-state index in [0.717, 1.165) is 12.8 Å². The molecule has 1 aromatic rings. The van der Waals surface area contributed by atoms with Crippen LogP contribution in [0.25, 0.3) is 0 Å². The van der Waals surface area contributed by atoms with Gasteiger partial charge in [0, 0.05) is 23.6 Å². The monoisotopic (exact) mass is 542 g/mol. The van der Waals surface area contributed by atoms with Crippen molar-refractivity contribution in [3.05, 3.63) is 35.4 Å². The number of nitrogens with zero attached hydrogens (tertiary/aromatic N) is 1. The van der Waals surface area contributed by atoms with Crippen LogP contribution in [0.1, 0.15) is 105 Å². The molecule has 0 spiro atoms. The standard InChI is InChI=1S/C30H46N4O5/c1-10-15-20(4)32-26(36)25(22-17-14-13-16-21(22)11-2)34(30(8,9)12-3)27(37)23(18-19-24(31)35)33-28(38)39-29(5,6)7/h2,13-14,16-17,20,23,25H,10,12,15,18-19H2,1,3-9H3,(H2,31,35)(H,32,36)(H,33,38). The maximum Gasteiger partial charge on any atom is 0.408 e. The number of rotatable bonds is 13. The molecular weight excluding hydrogens is 496 g/mol. The number of ether oxygens (including phenoxy) is 1. The van der Waals surface area contributed by atoms with Crippen molar-refractivity contribution in [2.24, 2.45) is 5.73 Å². The molecule has 0 radical (unpaired) electrons. The maximum atomic E-state index is 14.4. The molecule has 3 unspecified atom stereocenters. The average molecular weight is 543 g/mol. The lowest BCUT2D eigenvalue weighted by molar-refractivity contribution is -0.149. The van der Waals surface area contributed by atoms with E-state index in [1.165, 1.54) is 4.90 Å². The molecule has 0 aromatic heterocycles. The summed E-state index contributed by atoms with van der Waals surface area (Å²) in [6.45, 7) is 14.6. The Morgan fingerprint density at radius 2 is 1.67 bits per heavy atom. The van der Waals surface area contributed by atoms with Crippen molar-refractivity contribution in [3.8, 4) is 12.3 Å². The van der Waals surface area contributed by atoms with Crippen LogP contribution >= 0.6 is 0 Å². The first-order valence-corrected chi connectivity index (χ1v) is 13.5. The Balaban J connectivity index is 3.75. The van der Waals surface area contributed by atoms with Crippen molar-refractivity contribution < 1.29 is 23.9 Å². The van der Waals surface area contributed by atoms with Crippen molar-refractivity contribution in [1.82, 2.24) is 15.5 Å². The summed E-state index contributed by atoms with van der Waals surface area (Å²) in [6.07, 6.45) is 6.87. The van der Waals surface area contributed by atoms with Crippen LogP contribution in [0.3, 0.4) is 0 Å². The molecule has 0 aliphatic carbocycles. The first-order chi connectivity index (χ1) is 18.1. The van der Waals surface area contributed by atoms with Gasteiger partial charge < -0.3 is 26.0 Å². The Hall–Kier alpha value is -3.54. The summed E-state index contributed by atoms with van der Waals surface area (Å²) in [5.74, 6) is 1.07. The van der Waals surface area contributed by atoms with E-state index >= 15 is 0 Å². The van der Waals surface area contributed by atoms with Crippen molar-refractivity contribution in [1.29, 1.82) is 0 Å². The zero-order valence-corrected chi connectivity index (χ0v) is 24.7. The second kappa shape index (κ2) is 14.6. The predicted molar refractivity (Wildman–Crippen MR) is 152 cm³/mol. The van der Waals surface area contributed by atoms with E-state index in [1.807, 2.05) is 34.6 Å². The number of benzene rings is 1. The molecule has 3 atom stereocenters. The van der Waals surface area contributed by atoms with E-state index in [0.29, 0.717) is 17.5 Å². The number of carbonyl (C=O) groups excluding carboxylic acids is 4. The first kappa shape index (κ1) is 33.5. The van der Waals surface area contributed by atoms with Gasteiger partial charge >= 0.3 is 6.09 Å². The molecule has 0 aliphatic rings. The fourth-order valence-corrected chi connectivity index (χ4v) is 4.20. The van der Waals surface area contributed by atoms with Crippen molar-refractivity contribution >= 4 is 23.8 Å². The molecule has 0 saturated heterocycles. The van der Waals surface area contributed by atoms with Gasteiger partial charge in [-0.1, -0.05) is 44.4 Å². The second-order valence-electron chi connectivity index (χ2n) is 11.4. The molecule has 0 saturated carbocycles. The smallest absolute Gasteiger partial charge is 0.408 e. The quantitative estimate of drug-likeness (QED) is 0.322. The van der Waals surface area contributed by atoms with Gasteiger partial charge in [-0.05, 0) is 72.4 Å². The Kier molecular flexibility index (Phi) is 12.5. The lowest BCUT2D eigenvalue weighted by Gasteiger charge is -2.45. The van der Waals surface area contributed by atoms with E-state index in [-0.39, 0.29) is 24.8 Å². The number of hydrogen-bond donors (Lipinski definition) is 3. The van der Waals surface area contributed by atoms with Crippen LogP contribution in [0.2, 0.25) is 0 Å². The Labute approximate surface area is 233 Å². The van der Waals surface area contributed by atoms with Crippen LogP contribution in [0.15, 0.2) is 24.3 Å². The van der Waals surface area contributed by atoms with Crippen LogP contribution in [0.4, 0.5) is 4.79 Å². The number of hydrogen-bond acceptors (Lipinski definition) is 5. The Morgan fingerprint density at radius 3 is 2.18 bits per heavy atom. The largest absolute Gasteiger partial charge is 0.444 e. The van der Waals surface area contributed by atoms with Crippen molar-refractivity contribution in [3.63, 3.8) is 0 Å². The van der Waals surface area contributed by atoms with Crippen LogP contribution < -0.4 is 16.4 Å². The molecule has 216 valence electrons. The zero-order valence-electron chi connectivity index (χ0n) is 24.7. The molecule has 0 aliphatic heterocycles. The third kappa shape index (κ3) is 10.3. The molecule has 1 rings (SSSR count). The number of terminal acetylenes is 1. The summed E-state index contributed by atoms with van der Waals surface area (Å²) >= 11 is 0.